The van der Waals surface area contributed by atoms with Gasteiger partial charge in [0.15, 0.2) is 6.29 Å². The third kappa shape index (κ3) is 2.07. The van der Waals surface area contributed by atoms with E-state index in [1.54, 1.807) is 13.2 Å². The Morgan fingerprint density at radius 3 is 2.35 bits per heavy atom. The van der Waals surface area contributed by atoms with Crippen LogP contribution in [0.1, 0.15) is 15.9 Å². The van der Waals surface area contributed by atoms with Crippen molar-refractivity contribution >= 4 is 6.29 Å². The van der Waals surface area contributed by atoms with E-state index in [2.05, 4.69) is 0 Å². The smallest absolute Gasteiger partial charge is 0.154 e. The molecule has 2 aromatic rings. The van der Waals surface area contributed by atoms with Gasteiger partial charge in [-0.05, 0) is 29.7 Å². The van der Waals surface area contributed by atoms with Crippen molar-refractivity contribution in [1.82, 2.24) is 0 Å². The van der Waals surface area contributed by atoms with Crippen molar-refractivity contribution in [3.63, 3.8) is 0 Å². The van der Waals surface area contributed by atoms with Gasteiger partial charge in [0.1, 0.15) is 5.75 Å². The van der Waals surface area contributed by atoms with E-state index in [1.165, 1.54) is 0 Å². The molecule has 0 aliphatic carbocycles. The summed E-state index contributed by atoms with van der Waals surface area (Å²) in [6.07, 6.45) is 0.848. The van der Waals surface area contributed by atoms with Crippen LogP contribution in [0.2, 0.25) is 0 Å². The third-order valence-electron chi connectivity index (χ3n) is 2.84. The summed E-state index contributed by atoms with van der Waals surface area (Å²) in [4.78, 5) is 11.2. The van der Waals surface area contributed by atoms with E-state index in [9.17, 15) is 4.79 Å². The van der Waals surface area contributed by atoms with Crippen LogP contribution in [0.25, 0.3) is 11.1 Å². The molecule has 0 spiro atoms. The van der Waals surface area contributed by atoms with E-state index < -0.39 is 0 Å². The fraction of sp³-hybridized carbons (Fsp3) is 0.133. The Bertz CT molecular complexity index is 544. The van der Waals surface area contributed by atoms with E-state index >= 15 is 0 Å². The van der Waals surface area contributed by atoms with Crippen molar-refractivity contribution in [2.45, 2.75) is 6.92 Å². The molecule has 0 bridgehead atoms. The maximum absolute atomic E-state index is 11.2. The van der Waals surface area contributed by atoms with E-state index in [0.29, 0.717) is 11.3 Å². The molecule has 0 saturated carbocycles. The van der Waals surface area contributed by atoms with Crippen LogP contribution in [0.4, 0.5) is 0 Å². The molecule has 0 unspecified atom stereocenters. The Hall–Kier alpha value is -2.09. The average Bonchev–Trinajstić information content (AvgIpc) is 2.38. The molecule has 0 fully saturated rings. The molecule has 86 valence electrons. The number of aldehydes is 1. The zero-order valence-corrected chi connectivity index (χ0v) is 9.94. The molecule has 0 N–H and O–H groups in total. The van der Waals surface area contributed by atoms with Gasteiger partial charge >= 0.3 is 0 Å². The molecule has 17 heavy (non-hydrogen) atoms. The number of rotatable bonds is 3. The molecular weight excluding hydrogens is 212 g/mol. The number of ether oxygens (including phenoxy) is 1. The Labute approximate surface area is 101 Å². The third-order valence-corrected chi connectivity index (χ3v) is 2.84. The second-order valence-corrected chi connectivity index (χ2v) is 3.85. The van der Waals surface area contributed by atoms with Crippen LogP contribution < -0.4 is 4.74 Å². The first-order chi connectivity index (χ1) is 8.27. The molecule has 0 amide bonds. The first kappa shape index (κ1) is 11.4. The normalized spacial score (nSPS) is 10.0. The van der Waals surface area contributed by atoms with Crippen LogP contribution in [0.15, 0.2) is 42.5 Å². The minimum Gasteiger partial charge on any atom is -0.496 e. The summed E-state index contributed by atoms with van der Waals surface area (Å²) in [5.41, 5.74) is 3.72. The van der Waals surface area contributed by atoms with Gasteiger partial charge in [-0.25, -0.2) is 0 Å². The fourth-order valence-corrected chi connectivity index (χ4v) is 1.95. The molecule has 0 atom stereocenters. The predicted octanol–water partition coefficient (Wildman–Crippen LogP) is 3.48. The highest BCUT2D eigenvalue weighted by Gasteiger charge is 2.10. The number of carbonyl (C=O) groups is 1. The summed E-state index contributed by atoms with van der Waals surface area (Å²) in [5, 5.41) is 0. The highest BCUT2D eigenvalue weighted by atomic mass is 16.5. The number of aryl methyl sites for hydroxylation is 1. The van der Waals surface area contributed by atoms with Gasteiger partial charge in [-0.15, -0.1) is 0 Å². The van der Waals surface area contributed by atoms with Crippen LogP contribution in [-0.4, -0.2) is 13.4 Å². The molecule has 2 heteroatoms. The SMILES string of the molecule is COc1cccc(-c2ccccc2C)c1C=O. The minimum atomic E-state index is 0.601. The first-order valence-electron chi connectivity index (χ1n) is 5.46. The topological polar surface area (TPSA) is 26.3 Å². The van der Waals surface area contributed by atoms with Gasteiger partial charge in [-0.1, -0.05) is 36.4 Å². The van der Waals surface area contributed by atoms with E-state index in [-0.39, 0.29) is 0 Å². The molecule has 0 heterocycles. The van der Waals surface area contributed by atoms with Gasteiger partial charge in [0, 0.05) is 0 Å². The molecule has 2 aromatic carbocycles. The summed E-state index contributed by atoms with van der Waals surface area (Å²) >= 11 is 0. The Morgan fingerprint density at radius 1 is 1.00 bits per heavy atom. The lowest BCUT2D eigenvalue weighted by Crippen LogP contribution is -1.94. The number of methoxy groups -OCH3 is 1. The quantitative estimate of drug-likeness (QED) is 0.749. The molecule has 0 aliphatic rings. The summed E-state index contributed by atoms with van der Waals surface area (Å²) in [6, 6.07) is 13.6. The van der Waals surface area contributed by atoms with Gasteiger partial charge in [0.05, 0.1) is 12.7 Å². The zero-order chi connectivity index (χ0) is 12.3. The second-order valence-electron chi connectivity index (χ2n) is 3.85. The van der Waals surface area contributed by atoms with Crippen molar-refractivity contribution < 1.29 is 9.53 Å². The Balaban J connectivity index is 2.68. The molecular formula is C15H14O2. The second kappa shape index (κ2) is 4.83. The standard InChI is InChI=1S/C15H14O2/c1-11-6-3-4-7-12(11)13-8-5-9-15(17-2)14(13)10-16/h3-10H,1-2H3. The van der Waals surface area contributed by atoms with Gasteiger partial charge < -0.3 is 4.74 Å². The summed E-state index contributed by atoms with van der Waals surface area (Å²) < 4.78 is 5.21. The molecule has 2 rings (SSSR count). The van der Waals surface area contributed by atoms with Crippen molar-refractivity contribution in [3.8, 4) is 16.9 Å². The number of hydrogen-bond acceptors (Lipinski definition) is 2. The highest BCUT2D eigenvalue weighted by Crippen LogP contribution is 2.31. The highest BCUT2D eigenvalue weighted by molar-refractivity contribution is 5.91. The molecule has 0 aromatic heterocycles. The molecule has 0 radical (unpaired) electrons. The van der Waals surface area contributed by atoms with E-state index in [0.717, 1.165) is 23.0 Å². The number of benzene rings is 2. The van der Waals surface area contributed by atoms with Crippen molar-refractivity contribution in [2.75, 3.05) is 7.11 Å². The maximum atomic E-state index is 11.2. The largest absolute Gasteiger partial charge is 0.496 e. The van der Waals surface area contributed by atoms with Gasteiger partial charge in [0.25, 0.3) is 0 Å². The lowest BCUT2D eigenvalue weighted by molar-refractivity contribution is 0.112. The van der Waals surface area contributed by atoms with Crippen LogP contribution >= 0.6 is 0 Å². The fourth-order valence-electron chi connectivity index (χ4n) is 1.95. The molecule has 0 aliphatic heterocycles. The van der Waals surface area contributed by atoms with Gasteiger partial charge in [-0.3, -0.25) is 4.79 Å². The van der Waals surface area contributed by atoms with Crippen LogP contribution in [0, 0.1) is 6.92 Å². The average molecular weight is 226 g/mol. The summed E-state index contributed by atoms with van der Waals surface area (Å²) in [5.74, 6) is 0.612. The van der Waals surface area contributed by atoms with Crippen LogP contribution in [-0.2, 0) is 0 Å². The Morgan fingerprint density at radius 2 is 1.71 bits per heavy atom. The van der Waals surface area contributed by atoms with Crippen molar-refractivity contribution in [3.05, 3.63) is 53.6 Å². The van der Waals surface area contributed by atoms with Gasteiger partial charge in [0.2, 0.25) is 0 Å². The van der Waals surface area contributed by atoms with E-state index in [1.807, 2.05) is 43.3 Å². The van der Waals surface area contributed by atoms with Gasteiger partial charge in [-0.2, -0.15) is 0 Å². The number of carbonyl (C=O) groups excluding carboxylic acids is 1. The van der Waals surface area contributed by atoms with Crippen molar-refractivity contribution in [1.29, 1.82) is 0 Å². The summed E-state index contributed by atoms with van der Waals surface area (Å²) in [7, 11) is 1.57. The Kier molecular flexibility index (Phi) is 3.24. The molecule has 2 nitrogen and oxygen atoms in total. The van der Waals surface area contributed by atoms with Crippen LogP contribution in [0.5, 0.6) is 5.75 Å². The van der Waals surface area contributed by atoms with Crippen LogP contribution in [0.3, 0.4) is 0 Å². The minimum absolute atomic E-state index is 0.601. The first-order valence-corrected chi connectivity index (χ1v) is 5.46. The van der Waals surface area contributed by atoms with E-state index in [4.69, 9.17) is 4.74 Å². The lowest BCUT2D eigenvalue weighted by Gasteiger charge is -2.11. The predicted molar refractivity (Wildman–Crippen MR) is 68.6 cm³/mol. The molecule has 0 saturated heterocycles. The number of hydrogen-bond donors (Lipinski definition) is 0. The van der Waals surface area contributed by atoms with Crippen molar-refractivity contribution in [2.24, 2.45) is 0 Å². The monoisotopic (exact) mass is 226 g/mol. The maximum Gasteiger partial charge on any atom is 0.154 e. The summed E-state index contributed by atoms with van der Waals surface area (Å²) in [6.45, 7) is 2.03. The zero-order valence-electron chi connectivity index (χ0n) is 9.94. The lowest BCUT2D eigenvalue weighted by atomic mass is 9.96.